The number of esters is 1. The average molecular weight is 419 g/mol. The quantitative estimate of drug-likeness (QED) is 0.666. The van der Waals surface area contributed by atoms with Gasteiger partial charge in [0.2, 0.25) is 10.0 Å². The largest absolute Gasteiger partial charge is 0.449 e. The molecule has 0 radical (unpaired) electrons. The monoisotopic (exact) mass is 418 g/mol. The molecule has 29 heavy (non-hydrogen) atoms. The summed E-state index contributed by atoms with van der Waals surface area (Å²) in [6, 6.07) is 14.2. The van der Waals surface area contributed by atoms with Gasteiger partial charge in [0, 0.05) is 18.8 Å². The summed E-state index contributed by atoms with van der Waals surface area (Å²) in [6.45, 7) is 5.15. The first-order chi connectivity index (χ1) is 13.7. The summed E-state index contributed by atoms with van der Waals surface area (Å²) >= 11 is 0. The van der Waals surface area contributed by atoms with Crippen molar-refractivity contribution in [2.24, 2.45) is 0 Å². The maximum absolute atomic E-state index is 12.5. The van der Waals surface area contributed by atoms with Crippen molar-refractivity contribution in [1.82, 2.24) is 4.72 Å². The Kier molecular flexibility index (Phi) is 7.53. The summed E-state index contributed by atoms with van der Waals surface area (Å²) in [5.74, 6) is -1.08. The van der Waals surface area contributed by atoms with Crippen LogP contribution in [0.3, 0.4) is 0 Å². The van der Waals surface area contributed by atoms with Crippen LogP contribution < -0.4 is 9.62 Å². The van der Waals surface area contributed by atoms with E-state index in [4.69, 9.17) is 4.74 Å². The molecular formula is C21H26N2O5S. The molecule has 0 heterocycles. The van der Waals surface area contributed by atoms with Crippen LogP contribution >= 0.6 is 0 Å². The molecule has 1 amide bonds. The third-order valence-corrected chi connectivity index (χ3v) is 6.08. The molecule has 0 spiro atoms. The van der Waals surface area contributed by atoms with E-state index in [-0.39, 0.29) is 22.4 Å². The molecule has 2 rings (SSSR count). The van der Waals surface area contributed by atoms with Gasteiger partial charge in [-0.1, -0.05) is 25.1 Å². The molecule has 0 fully saturated rings. The molecule has 0 aliphatic heterocycles. The number of sulfonamides is 1. The van der Waals surface area contributed by atoms with Gasteiger partial charge in [0.1, 0.15) is 0 Å². The number of benzene rings is 2. The zero-order chi connectivity index (χ0) is 21.6. The van der Waals surface area contributed by atoms with Gasteiger partial charge in [-0.15, -0.1) is 0 Å². The second-order valence-electron chi connectivity index (χ2n) is 6.74. The van der Waals surface area contributed by atoms with Crippen molar-refractivity contribution in [2.75, 3.05) is 11.9 Å². The fraction of sp³-hybridized carbons (Fsp3) is 0.333. The van der Waals surface area contributed by atoms with E-state index in [2.05, 4.69) is 4.72 Å². The van der Waals surface area contributed by atoms with Gasteiger partial charge in [-0.25, -0.2) is 17.9 Å². The Bertz CT molecular complexity index is 943. The predicted molar refractivity (Wildman–Crippen MR) is 111 cm³/mol. The Morgan fingerprint density at radius 1 is 1.03 bits per heavy atom. The Hall–Kier alpha value is -2.71. The number of hydrogen-bond donors (Lipinski definition) is 1. The van der Waals surface area contributed by atoms with Gasteiger partial charge in [-0.05, 0) is 56.7 Å². The molecule has 7 nitrogen and oxygen atoms in total. The summed E-state index contributed by atoms with van der Waals surface area (Å²) in [5.41, 5.74) is 0.846. The summed E-state index contributed by atoms with van der Waals surface area (Å²) in [5, 5.41) is 0. The van der Waals surface area contributed by atoms with E-state index in [0.717, 1.165) is 0 Å². The Labute approximate surface area is 171 Å². The number of nitrogens with one attached hydrogen (secondary N) is 1. The molecular weight excluding hydrogens is 392 g/mol. The lowest BCUT2D eigenvalue weighted by Crippen LogP contribution is -2.37. The van der Waals surface area contributed by atoms with Crippen molar-refractivity contribution >= 4 is 27.6 Å². The van der Waals surface area contributed by atoms with E-state index in [1.54, 1.807) is 26.1 Å². The van der Waals surface area contributed by atoms with Gasteiger partial charge in [0.25, 0.3) is 5.91 Å². The van der Waals surface area contributed by atoms with E-state index in [1.165, 1.54) is 36.1 Å². The fourth-order valence-corrected chi connectivity index (χ4v) is 3.84. The minimum absolute atomic E-state index is 0.0577. The molecule has 0 saturated heterocycles. The van der Waals surface area contributed by atoms with Crippen LogP contribution in [0.5, 0.6) is 0 Å². The van der Waals surface area contributed by atoms with Crippen LogP contribution in [0, 0.1) is 0 Å². The number of para-hydroxylation sites is 1. The molecule has 8 heteroatoms. The topological polar surface area (TPSA) is 92.8 Å². The second-order valence-corrected chi connectivity index (χ2v) is 8.45. The summed E-state index contributed by atoms with van der Waals surface area (Å²) in [6.07, 6.45) is -0.337. The highest BCUT2D eigenvalue weighted by Gasteiger charge is 2.23. The predicted octanol–water partition coefficient (Wildman–Crippen LogP) is 2.97. The maximum Gasteiger partial charge on any atom is 0.338 e. The molecule has 2 aromatic rings. The molecule has 0 aromatic heterocycles. The molecule has 2 aromatic carbocycles. The van der Waals surface area contributed by atoms with Crippen molar-refractivity contribution in [3.63, 3.8) is 0 Å². The number of anilines is 1. The van der Waals surface area contributed by atoms with Gasteiger partial charge >= 0.3 is 5.97 Å². The van der Waals surface area contributed by atoms with Gasteiger partial charge < -0.3 is 9.64 Å². The summed E-state index contributed by atoms with van der Waals surface area (Å²) in [4.78, 5) is 26.3. The first-order valence-corrected chi connectivity index (χ1v) is 10.8. The zero-order valence-electron chi connectivity index (χ0n) is 17.0. The summed E-state index contributed by atoms with van der Waals surface area (Å²) < 4.78 is 32.4. The van der Waals surface area contributed by atoms with Crippen molar-refractivity contribution in [3.05, 3.63) is 60.2 Å². The molecule has 0 saturated carbocycles. The van der Waals surface area contributed by atoms with Crippen LogP contribution in [0.25, 0.3) is 0 Å². The highest BCUT2D eigenvalue weighted by atomic mass is 32.2. The smallest absolute Gasteiger partial charge is 0.338 e. The van der Waals surface area contributed by atoms with Crippen molar-refractivity contribution in [3.8, 4) is 0 Å². The van der Waals surface area contributed by atoms with Crippen molar-refractivity contribution in [2.45, 2.75) is 44.2 Å². The van der Waals surface area contributed by atoms with E-state index in [0.29, 0.717) is 12.1 Å². The SMILES string of the molecule is CC[C@H](C)NS(=O)(=O)c1ccc(C(=O)O[C@H](C)C(=O)N(C)c2ccccc2)cc1. The van der Waals surface area contributed by atoms with Crippen LogP contribution in [0.2, 0.25) is 0 Å². The Morgan fingerprint density at radius 3 is 2.17 bits per heavy atom. The lowest BCUT2D eigenvalue weighted by molar-refractivity contribution is -0.126. The lowest BCUT2D eigenvalue weighted by Gasteiger charge is -2.21. The van der Waals surface area contributed by atoms with Gasteiger partial charge in [0.05, 0.1) is 10.5 Å². The number of nitrogens with zero attached hydrogens (tertiary/aromatic N) is 1. The van der Waals surface area contributed by atoms with E-state index in [9.17, 15) is 18.0 Å². The molecule has 0 aliphatic carbocycles. The van der Waals surface area contributed by atoms with E-state index < -0.39 is 22.1 Å². The van der Waals surface area contributed by atoms with Crippen LogP contribution in [-0.2, 0) is 19.6 Å². The lowest BCUT2D eigenvalue weighted by atomic mass is 10.2. The molecule has 1 N–H and O–H groups in total. The maximum atomic E-state index is 12.5. The molecule has 0 unspecified atom stereocenters. The third kappa shape index (κ3) is 5.88. The highest BCUT2D eigenvalue weighted by molar-refractivity contribution is 7.89. The van der Waals surface area contributed by atoms with E-state index in [1.807, 2.05) is 25.1 Å². The number of amides is 1. The van der Waals surface area contributed by atoms with Crippen molar-refractivity contribution < 1.29 is 22.7 Å². The number of rotatable bonds is 8. The Morgan fingerprint density at radius 2 is 1.62 bits per heavy atom. The normalized spacial score (nSPS) is 13.4. The molecule has 2 atom stereocenters. The first-order valence-electron chi connectivity index (χ1n) is 9.31. The van der Waals surface area contributed by atoms with Gasteiger partial charge in [-0.2, -0.15) is 0 Å². The minimum Gasteiger partial charge on any atom is -0.449 e. The van der Waals surface area contributed by atoms with Crippen LogP contribution in [0.15, 0.2) is 59.5 Å². The Balaban J connectivity index is 2.04. The standard InChI is InChI=1S/C21H26N2O5S/c1-5-15(2)22-29(26,27)19-13-11-17(12-14-19)21(25)28-16(3)20(24)23(4)18-9-7-6-8-10-18/h6-16,22H,5H2,1-4H3/t15-,16+/m0/s1. The second kappa shape index (κ2) is 9.67. The number of carbonyl (C=O) groups excluding carboxylic acids is 2. The number of ether oxygens (including phenoxy) is 1. The van der Waals surface area contributed by atoms with Crippen molar-refractivity contribution in [1.29, 1.82) is 0 Å². The number of likely N-dealkylation sites (N-methyl/N-ethyl adjacent to an activating group) is 1. The zero-order valence-corrected chi connectivity index (χ0v) is 17.8. The van der Waals surface area contributed by atoms with Gasteiger partial charge in [0.15, 0.2) is 6.10 Å². The summed E-state index contributed by atoms with van der Waals surface area (Å²) in [7, 11) is -2.05. The number of hydrogen-bond acceptors (Lipinski definition) is 5. The third-order valence-electron chi connectivity index (χ3n) is 4.47. The first kappa shape index (κ1) is 22.6. The number of carbonyl (C=O) groups is 2. The molecule has 156 valence electrons. The highest BCUT2D eigenvalue weighted by Crippen LogP contribution is 2.16. The van der Waals surface area contributed by atoms with Crippen LogP contribution in [0.1, 0.15) is 37.6 Å². The van der Waals surface area contributed by atoms with Gasteiger partial charge in [-0.3, -0.25) is 4.79 Å². The van der Waals surface area contributed by atoms with Crippen LogP contribution in [-0.4, -0.2) is 39.5 Å². The minimum atomic E-state index is -3.66. The average Bonchev–Trinajstić information content (AvgIpc) is 2.72. The fourth-order valence-electron chi connectivity index (χ4n) is 2.52. The molecule has 0 aliphatic rings. The van der Waals surface area contributed by atoms with E-state index >= 15 is 0 Å². The molecule has 0 bridgehead atoms. The van der Waals surface area contributed by atoms with Crippen LogP contribution in [0.4, 0.5) is 5.69 Å².